The summed E-state index contributed by atoms with van der Waals surface area (Å²) in [4.78, 5) is 20.2. The van der Waals surface area contributed by atoms with Crippen LogP contribution in [0.4, 0.5) is 32.8 Å². The third-order valence-electron chi connectivity index (χ3n) is 13.5. The molecule has 1 unspecified atom stereocenters. The molecule has 0 amide bonds. The summed E-state index contributed by atoms with van der Waals surface area (Å²) < 4.78 is 73.1. The standard InChI is InChI=1S/C54H64ClFN7O7PS2/c1-7-70-71(66,48-21-22-50(51(36-48)63(64)65)57-44(23-24-59-29-31-69-32-30-59)37-72-49-11-9-8-10-12-49)58(5)45-17-19-46(20-18-45)60-25-27-61(28-26-60)47-34-41(33-43(56)35-47)52-53(40-13-15-42(55)16-14-40)62(38(2)3)39(4)54(52)73(6,67)68/h8-22,33-36,38,44,57H,7,23-32,37H2,1-6H3/t44-,71?/m1/s1. The van der Waals surface area contributed by atoms with E-state index < -0.39 is 28.1 Å². The second-order valence-electron chi connectivity index (χ2n) is 18.7. The average molecular weight is 1070 g/mol. The molecule has 3 heterocycles. The monoisotopic (exact) mass is 1070 g/mol. The molecule has 1 aromatic heterocycles. The normalized spacial score (nSPS) is 15.8. The largest absolute Gasteiger partial charge is 0.379 e. The Balaban J connectivity index is 0.988. The van der Waals surface area contributed by atoms with Gasteiger partial charge in [-0.05, 0) is 124 Å². The van der Waals surface area contributed by atoms with Crippen LogP contribution in [-0.4, -0.2) is 114 Å². The summed E-state index contributed by atoms with van der Waals surface area (Å²) in [5.74, 6) is 0.208. The molecule has 2 aliphatic heterocycles. The minimum absolute atomic E-state index is 0.0976. The zero-order valence-corrected chi connectivity index (χ0v) is 45.5. The van der Waals surface area contributed by atoms with E-state index in [1.807, 2.05) is 79.1 Å². The van der Waals surface area contributed by atoms with Gasteiger partial charge < -0.3 is 33.6 Å². The van der Waals surface area contributed by atoms with Gasteiger partial charge in [-0.25, -0.2) is 12.8 Å². The third kappa shape index (κ3) is 12.4. The molecule has 0 spiro atoms. The van der Waals surface area contributed by atoms with Crippen LogP contribution in [-0.2, 0) is 23.7 Å². The number of nitro groups is 1. The Kier molecular flexibility index (Phi) is 17.3. The quantitative estimate of drug-likeness (QED) is 0.0336. The van der Waals surface area contributed by atoms with E-state index in [9.17, 15) is 18.5 Å². The zero-order valence-electron chi connectivity index (χ0n) is 42.2. The number of benzene rings is 5. The lowest BCUT2D eigenvalue weighted by atomic mass is 9.99. The van der Waals surface area contributed by atoms with Gasteiger partial charge in [0, 0.05) is 121 Å². The molecule has 388 valence electrons. The highest BCUT2D eigenvalue weighted by molar-refractivity contribution is 7.99. The predicted octanol–water partition coefficient (Wildman–Crippen LogP) is 11.4. The SMILES string of the molecule is CCOP(=O)(c1ccc(N[C@H](CCN2CCOCC2)CSc2ccccc2)c([N+](=O)[O-])c1)N(C)c1ccc(N2CCN(c3cc(F)cc(-c4c(S(C)(=O)=O)c(C)n(C(C)C)c4-c4ccc(Cl)cc4)c3)CC2)cc1. The number of nitrogens with zero attached hydrogens (tertiary/aromatic N) is 6. The van der Waals surface area contributed by atoms with Crippen molar-refractivity contribution >= 4 is 74.5 Å². The van der Waals surface area contributed by atoms with Crippen molar-refractivity contribution in [2.24, 2.45) is 0 Å². The Bertz CT molecular complexity index is 3040. The van der Waals surface area contributed by atoms with Gasteiger partial charge in [0.25, 0.3) is 5.69 Å². The van der Waals surface area contributed by atoms with Crippen molar-refractivity contribution in [3.63, 3.8) is 0 Å². The molecule has 2 fully saturated rings. The van der Waals surface area contributed by atoms with Gasteiger partial charge in [-0.2, -0.15) is 0 Å². The number of anilines is 4. The van der Waals surface area contributed by atoms with Gasteiger partial charge in [-0.15, -0.1) is 11.8 Å². The van der Waals surface area contributed by atoms with Gasteiger partial charge in [-0.1, -0.05) is 41.9 Å². The van der Waals surface area contributed by atoms with Crippen LogP contribution in [0.5, 0.6) is 0 Å². The van der Waals surface area contributed by atoms with Crippen molar-refractivity contribution in [2.75, 3.05) is 104 Å². The van der Waals surface area contributed by atoms with Crippen LogP contribution in [0.1, 0.15) is 38.9 Å². The number of hydrogen-bond acceptors (Lipinski definition) is 12. The number of thioether (sulfide) groups is 1. The van der Waals surface area contributed by atoms with E-state index in [0.717, 1.165) is 42.2 Å². The molecular formula is C54H64ClFN7O7PS2. The van der Waals surface area contributed by atoms with Crippen LogP contribution in [0.3, 0.4) is 0 Å². The summed E-state index contributed by atoms with van der Waals surface area (Å²) >= 11 is 7.97. The number of nitrogens with one attached hydrogen (secondary N) is 1. The molecule has 73 heavy (non-hydrogen) atoms. The van der Waals surface area contributed by atoms with Gasteiger partial charge >= 0.3 is 7.52 Å². The van der Waals surface area contributed by atoms with Crippen molar-refractivity contribution in [3.05, 3.63) is 142 Å². The van der Waals surface area contributed by atoms with Crippen LogP contribution < -0.4 is 25.1 Å². The number of hydrogen-bond donors (Lipinski definition) is 1. The molecule has 2 aliphatic rings. The predicted molar refractivity (Wildman–Crippen MR) is 296 cm³/mol. The lowest BCUT2D eigenvalue weighted by Gasteiger charge is -2.38. The number of sulfone groups is 1. The van der Waals surface area contributed by atoms with E-state index in [-0.39, 0.29) is 34.6 Å². The number of halogens is 2. The summed E-state index contributed by atoms with van der Waals surface area (Å²) in [5.41, 5.74) is 5.29. The third-order valence-corrected chi connectivity index (χ3v) is 18.7. The average Bonchev–Trinajstić information content (AvgIpc) is 3.71. The molecule has 2 saturated heterocycles. The second-order valence-corrected chi connectivity index (χ2v) is 24.6. The summed E-state index contributed by atoms with van der Waals surface area (Å²) in [7, 11) is -5.95. The number of aromatic nitrogens is 1. The maximum atomic E-state index is 15.8. The highest BCUT2D eigenvalue weighted by atomic mass is 35.5. The first-order chi connectivity index (χ1) is 34.9. The highest BCUT2D eigenvalue weighted by Crippen LogP contribution is 2.52. The number of rotatable bonds is 20. The topological polar surface area (TPSA) is 143 Å². The zero-order chi connectivity index (χ0) is 52.0. The van der Waals surface area contributed by atoms with Gasteiger partial charge in [0.2, 0.25) is 0 Å². The Morgan fingerprint density at radius 3 is 2.16 bits per heavy atom. The van der Waals surface area contributed by atoms with Gasteiger partial charge in [0.05, 0.1) is 40.6 Å². The van der Waals surface area contributed by atoms with E-state index in [2.05, 4.69) is 32.1 Å². The van der Waals surface area contributed by atoms with Crippen LogP contribution in [0.25, 0.3) is 22.4 Å². The summed E-state index contributed by atoms with van der Waals surface area (Å²) in [6.45, 7) is 13.8. The molecule has 0 radical (unpaired) electrons. The van der Waals surface area contributed by atoms with Crippen molar-refractivity contribution < 1.29 is 31.6 Å². The van der Waals surface area contributed by atoms with Gasteiger partial charge in [0.1, 0.15) is 11.5 Å². The number of piperazine rings is 1. The summed E-state index contributed by atoms with van der Waals surface area (Å²) in [6.07, 6.45) is 1.95. The molecule has 2 atom stereocenters. The van der Waals surface area contributed by atoms with Gasteiger partial charge in [0.15, 0.2) is 9.84 Å². The maximum absolute atomic E-state index is 15.8. The van der Waals surface area contributed by atoms with E-state index in [1.165, 1.54) is 24.5 Å². The van der Waals surface area contributed by atoms with Crippen molar-refractivity contribution in [3.8, 4) is 22.4 Å². The van der Waals surface area contributed by atoms with Gasteiger partial charge in [-0.3, -0.25) is 19.6 Å². The van der Waals surface area contributed by atoms with Crippen molar-refractivity contribution in [1.82, 2.24) is 9.47 Å². The Hall–Kier alpha value is -5.39. The molecular weight excluding hydrogens is 1010 g/mol. The Labute approximate surface area is 438 Å². The second kappa shape index (κ2) is 23.4. The smallest absolute Gasteiger partial charge is 0.326 e. The van der Waals surface area contributed by atoms with E-state index in [1.54, 1.807) is 61.6 Å². The molecule has 0 saturated carbocycles. The van der Waals surface area contributed by atoms with Crippen molar-refractivity contribution in [2.45, 2.75) is 56.0 Å². The number of nitro benzene ring substituents is 1. The molecule has 0 bridgehead atoms. The minimum Gasteiger partial charge on any atom is -0.379 e. The fourth-order valence-electron chi connectivity index (χ4n) is 9.87. The van der Waals surface area contributed by atoms with Crippen LogP contribution in [0.2, 0.25) is 5.02 Å². The lowest BCUT2D eigenvalue weighted by molar-refractivity contribution is -0.383. The molecule has 5 aromatic carbocycles. The lowest BCUT2D eigenvalue weighted by Crippen LogP contribution is -2.46. The summed E-state index contributed by atoms with van der Waals surface area (Å²) in [5, 5.41) is 17.0. The fraction of sp³-hybridized carbons (Fsp3) is 0.370. The van der Waals surface area contributed by atoms with E-state index in [0.29, 0.717) is 89.7 Å². The fourth-order valence-corrected chi connectivity index (χ4v) is 14.2. The Morgan fingerprint density at radius 1 is 0.890 bits per heavy atom. The van der Waals surface area contributed by atoms with Crippen LogP contribution in [0, 0.1) is 22.9 Å². The first-order valence-corrected chi connectivity index (χ1v) is 29.4. The molecule has 8 rings (SSSR count). The molecule has 0 aliphatic carbocycles. The van der Waals surface area contributed by atoms with Crippen LogP contribution >= 0.6 is 30.9 Å². The molecule has 19 heteroatoms. The first-order valence-electron chi connectivity index (χ1n) is 24.6. The van der Waals surface area contributed by atoms with Crippen molar-refractivity contribution in [1.29, 1.82) is 0 Å². The number of morpholine rings is 1. The summed E-state index contributed by atoms with van der Waals surface area (Å²) in [6, 6.07) is 34.2. The Morgan fingerprint density at radius 2 is 1.55 bits per heavy atom. The molecule has 1 N–H and O–H groups in total. The van der Waals surface area contributed by atoms with Crippen LogP contribution in [0.15, 0.2) is 125 Å². The highest BCUT2D eigenvalue weighted by Gasteiger charge is 2.35. The molecule has 6 aromatic rings. The minimum atomic E-state index is -3.86. The first kappa shape index (κ1) is 53.9. The number of ether oxygens (including phenoxy) is 1. The molecule has 14 nitrogen and oxygen atoms in total. The van der Waals surface area contributed by atoms with E-state index in [4.69, 9.17) is 20.9 Å². The maximum Gasteiger partial charge on any atom is 0.326 e. The van der Waals surface area contributed by atoms with E-state index >= 15 is 8.96 Å².